The Kier molecular flexibility index (Phi) is 22.1. The van der Waals surface area contributed by atoms with Crippen molar-refractivity contribution >= 4 is 39.3 Å². The quantitative estimate of drug-likeness (QED) is 0.0700. The van der Waals surface area contributed by atoms with Crippen LogP contribution in [0.15, 0.2) is 330 Å². The maximum atomic E-state index is 12.9. The molecule has 12 aromatic rings. The summed E-state index contributed by atoms with van der Waals surface area (Å²) in [4.78, 5) is 1.61. The third kappa shape index (κ3) is 17.3. The molecule has 0 radical (unpaired) electrons. The van der Waals surface area contributed by atoms with Gasteiger partial charge in [-0.05, 0) is 249 Å². The molecule has 0 amide bonds. The molecular formula is C81H72O14S4. The van der Waals surface area contributed by atoms with Crippen LogP contribution in [0.3, 0.4) is 0 Å². The van der Waals surface area contributed by atoms with Gasteiger partial charge in [0.15, 0.2) is 0 Å². The van der Waals surface area contributed by atoms with Gasteiger partial charge in [-0.1, -0.05) is 115 Å². The summed E-state index contributed by atoms with van der Waals surface area (Å²) in [6.45, 7) is 10.2. The van der Waals surface area contributed by atoms with Gasteiger partial charge in [0.2, 0.25) is 39.3 Å². The van der Waals surface area contributed by atoms with Crippen LogP contribution in [0.4, 0.5) is 0 Å². The van der Waals surface area contributed by atoms with Crippen molar-refractivity contribution in [2.24, 2.45) is 0 Å². The average Bonchev–Trinajstić information content (AvgIpc) is 0.824. The van der Waals surface area contributed by atoms with E-state index in [0.29, 0.717) is 46.0 Å². The highest BCUT2D eigenvalue weighted by Crippen LogP contribution is 2.36. The Balaban J connectivity index is 0.000000161. The van der Waals surface area contributed by atoms with Crippen LogP contribution in [-0.4, -0.2) is 55.0 Å². The maximum Gasteiger partial charge on any atom is 0.206 e. The Morgan fingerprint density at radius 2 is 0.364 bits per heavy atom. The van der Waals surface area contributed by atoms with E-state index in [0.717, 1.165) is 33.6 Å². The number of hydrogen-bond acceptors (Lipinski definition) is 14. The highest BCUT2D eigenvalue weighted by molar-refractivity contribution is 7.92. The first kappa shape index (κ1) is 71.0. The fourth-order valence-corrected chi connectivity index (χ4v) is 15.3. The number of methoxy groups -OCH3 is 3. The van der Waals surface area contributed by atoms with Crippen LogP contribution < -0.4 is 28.4 Å². The van der Waals surface area contributed by atoms with Crippen molar-refractivity contribution in [3.05, 3.63) is 319 Å². The zero-order chi connectivity index (χ0) is 70.5. The Morgan fingerprint density at radius 1 is 0.212 bits per heavy atom. The first-order valence-corrected chi connectivity index (χ1v) is 37.1. The number of aryl methyl sites for hydroxylation is 3. The minimum Gasteiger partial charge on any atom is -0.497 e. The summed E-state index contributed by atoms with van der Waals surface area (Å²) < 4.78 is 136. The zero-order valence-electron chi connectivity index (χ0n) is 55.6. The van der Waals surface area contributed by atoms with E-state index in [1.807, 2.05) is 62.4 Å². The largest absolute Gasteiger partial charge is 0.497 e. The topological polar surface area (TPSA) is 192 Å². The van der Waals surface area contributed by atoms with Crippen molar-refractivity contribution in [1.82, 2.24) is 0 Å². The summed E-state index contributed by atoms with van der Waals surface area (Å²) in [6.07, 6.45) is 0. The smallest absolute Gasteiger partial charge is 0.206 e. The lowest BCUT2D eigenvalue weighted by atomic mass is 9.78. The van der Waals surface area contributed by atoms with Gasteiger partial charge in [0.1, 0.15) is 51.7 Å². The lowest BCUT2D eigenvalue weighted by molar-refractivity contribution is 0.414. The van der Waals surface area contributed by atoms with Gasteiger partial charge in [0.25, 0.3) is 0 Å². The van der Waals surface area contributed by atoms with Crippen LogP contribution in [-0.2, 0) is 44.8 Å². The minimum atomic E-state index is -3.68. The Bertz CT molecular complexity index is 5150. The second-order valence-corrected chi connectivity index (χ2v) is 31.2. The molecule has 0 saturated heterocycles. The lowest BCUT2D eigenvalue weighted by Gasteiger charge is -2.26. The van der Waals surface area contributed by atoms with Crippen molar-refractivity contribution < 1.29 is 62.1 Å². The first-order chi connectivity index (χ1) is 47.3. The fraction of sp³-hybridized carbons (Fsp3) is 0.111. The van der Waals surface area contributed by atoms with E-state index < -0.39 is 39.3 Å². The highest BCUT2D eigenvalue weighted by atomic mass is 32.2. The maximum absolute atomic E-state index is 12.9. The van der Waals surface area contributed by atoms with Crippen LogP contribution in [0.1, 0.15) is 41.7 Å². The third-order valence-electron chi connectivity index (χ3n) is 16.3. The van der Waals surface area contributed by atoms with Gasteiger partial charge >= 0.3 is 0 Å². The summed E-state index contributed by atoms with van der Waals surface area (Å²) in [7, 11) is -9.76. The van der Waals surface area contributed by atoms with Gasteiger partial charge in [-0.15, -0.1) is 0 Å². The number of sulfone groups is 4. The van der Waals surface area contributed by atoms with E-state index in [4.69, 9.17) is 28.4 Å². The lowest BCUT2D eigenvalue weighted by Crippen LogP contribution is -2.18. The molecule has 0 aliphatic carbocycles. The SMILES string of the molecule is COc1ccc(C(C)(C)c2ccc(Oc3ccc(S(=O)(=O)c4ccc(C)cc4)cc3)cc2)cc1.COc1ccc(S(=O)(=O)c2ccc(Oc3ccc(-c4ccc(C)cc4)cc3)cc2)cc1.COc1ccc(S(=O)(=O)c2ccc(Oc3ccc(S(=O)(=O)c4ccc(C)cc4)cc3)cc2)cc1. The van der Waals surface area contributed by atoms with Gasteiger partial charge in [0, 0.05) is 5.41 Å². The predicted molar refractivity (Wildman–Crippen MR) is 384 cm³/mol. The molecule has 14 nitrogen and oxygen atoms in total. The number of ether oxygens (including phenoxy) is 6. The van der Waals surface area contributed by atoms with Crippen molar-refractivity contribution in [3.63, 3.8) is 0 Å². The van der Waals surface area contributed by atoms with E-state index >= 15 is 0 Å². The molecule has 0 bridgehead atoms. The van der Waals surface area contributed by atoms with Crippen molar-refractivity contribution in [3.8, 4) is 62.9 Å². The summed E-state index contributed by atoms with van der Waals surface area (Å²) in [5.74, 6) is 5.36. The van der Waals surface area contributed by atoms with Gasteiger partial charge in [-0.3, -0.25) is 0 Å². The normalized spacial score (nSPS) is 11.6. The standard InChI is InChI=1S/C29H28O4S.C26H22O6S2.C26H22O4S/c1-21-5-17-27(18-6-21)34(30,31)28-19-15-26(16-20-28)33-25-13-9-23(10-14-25)29(2,3)22-7-11-24(32-4)12-8-22;1-19-3-11-23(12-4-19)33(27,28)25-15-7-21(8-16-25)32-22-9-17-26(18-10-22)34(29,30)24-13-5-20(31-2)6-14-24;1-19-3-5-20(6-4-19)21-7-9-23(10-8-21)30-24-13-17-26(18-14-24)31(27,28)25-15-11-22(29-2)12-16-25/h5-20H,1-4H3;3-18H,1-2H3;3-18H,1-2H3. The second-order valence-electron chi connectivity index (χ2n) is 23.5. The molecule has 0 fully saturated rings. The molecular weight excluding hydrogens is 1330 g/mol. The summed E-state index contributed by atoms with van der Waals surface area (Å²) in [6, 6.07) is 83.2. The van der Waals surface area contributed by atoms with E-state index in [2.05, 4.69) is 69.3 Å². The molecule has 12 aromatic carbocycles. The van der Waals surface area contributed by atoms with E-state index in [1.54, 1.807) is 153 Å². The molecule has 99 heavy (non-hydrogen) atoms. The summed E-state index contributed by atoms with van der Waals surface area (Å²) in [5.41, 5.74) is 7.62. The average molecular weight is 1400 g/mol. The molecule has 0 unspecified atom stereocenters. The van der Waals surface area contributed by atoms with Crippen LogP contribution in [0.2, 0.25) is 0 Å². The molecule has 504 valence electrons. The van der Waals surface area contributed by atoms with Crippen molar-refractivity contribution in [2.45, 2.75) is 79.2 Å². The first-order valence-electron chi connectivity index (χ1n) is 31.1. The molecule has 0 aliphatic rings. The van der Waals surface area contributed by atoms with Gasteiger partial charge in [-0.2, -0.15) is 0 Å². The van der Waals surface area contributed by atoms with Gasteiger partial charge in [-0.25, -0.2) is 33.7 Å². The predicted octanol–water partition coefficient (Wildman–Crippen LogP) is 18.7. The molecule has 0 atom stereocenters. The highest BCUT2D eigenvalue weighted by Gasteiger charge is 2.25. The van der Waals surface area contributed by atoms with Crippen molar-refractivity contribution in [2.75, 3.05) is 21.3 Å². The Hall–Kier alpha value is -10.8. The zero-order valence-corrected chi connectivity index (χ0v) is 58.8. The molecule has 0 N–H and O–H groups in total. The molecule has 0 saturated carbocycles. The molecule has 12 rings (SSSR count). The molecule has 0 spiro atoms. The monoisotopic (exact) mass is 1400 g/mol. The van der Waals surface area contributed by atoms with Gasteiger partial charge < -0.3 is 28.4 Å². The minimum absolute atomic E-state index is 0.129. The number of hydrogen-bond donors (Lipinski definition) is 0. The van der Waals surface area contributed by atoms with E-state index in [9.17, 15) is 33.7 Å². The van der Waals surface area contributed by atoms with Crippen LogP contribution in [0.25, 0.3) is 11.1 Å². The molecule has 0 aliphatic heterocycles. The Labute approximate surface area is 580 Å². The third-order valence-corrected chi connectivity index (χ3v) is 23.4. The second kappa shape index (κ2) is 30.8. The molecule has 18 heteroatoms. The number of rotatable bonds is 20. The van der Waals surface area contributed by atoms with Crippen LogP contribution >= 0.6 is 0 Å². The van der Waals surface area contributed by atoms with Crippen LogP contribution in [0.5, 0.6) is 51.7 Å². The summed E-state index contributed by atoms with van der Waals surface area (Å²) >= 11 is 0. The molecule has 0 aromatic heterocycles. The van der Waals surface area contributed by atoms with E-state index in [-0.39, 0.29) is 44.6 Å². The van der Waals surface area contributed by atoms with E-state index in [1.165, 1.54) is 73.9 Å². The summed E-state index contributed by atoms with van der Waals surface area (Å²) in [5, 5.41) is 0. The fourth-order valence-electron chi connectivity index (χ4n) is 10.2. The van der Waals surface area contributed by atoms with Gasteiger partial charge in [0.05, 0.1) is 60.5 Å². The molecule has 0 heterocycles. The number of benzene rings is 12. The Morgan fingerprint density at radius 3 is 0.576 bits per heavy atom. The van der Waals surface area contributed by atoms with Crippen LogP contribution in [0, 0.1) is 20.8 Å². The van der Waals surface area contributed by atoms with Crippen molar-refractivity contribution in [1.29, 1.82) is 0 Å².